The maximum atomic E-state index is 10.1. The van der Waals surface area contributed by atoms with Gasteiger partial charge < -0.3 is 16.6 Å². The zero-order valence-electron chi connectivity index (χ0n) is 5.90. The number of terminal acetylenes is 1. The van der Waals surface area contributed by atoms with Crippen molar-refractivity contribution in [2.75, 3.05) is 0 Å². The van der Waals surface area contributed by atoms with Crippen molar-refractivity contribution in [2.45, 2.75) is 12.1 Å². The minimum absolute atomic E-state index is 0.569. The molecule has 0 heterocycles. The summed E-state index contributed by atoms with van der Waals surface area (Å²) in [7, 11) is 0. The Kier molecular flexibility index (Phi) is 3.96. The summed E-state index contributed by atoms with van der Waals surface area (Å²) in [5.74, 6) is 1.10. The van der Waals surface area contributed by atoms with E-state index >= 15 is 0 Å². The highest BCUT2D eigenvalue weighted by Gasteiger charge is 2.05. The lowest BCUT2D eigenvalue weighted by molar-refractivity contribution is -0.137. The van der Waals surface area contributed by atoms with E-state index in [-0.39, 0.29) is 0 Å². The van der Waals surface area contributed by atoms with E-state index in [1.807, 2.05) is 0 Å². The average Bonchev–Trinajstić information content (AvgIpc) is 1.99. The molecule has 60 valence electrons. The van der Waals surface area contributed by atoms with Crippen LogP contribution in [0, 0.1) is 12.3 Å². The molecule has 2 atom stereocenters. The molecule has 4 nitrogen and oxygen atoms in total. The van der Waals surface area contributed by atoms with Crippen LogP contribution in [0.5, 0.6) is 0 Å². The lowest BCUT2D eigenvalue weighted by atomic mass is 10.2. The Bertz CT molecular complexity index is 205. The van der Waals surface area contributed by atoms with Crippen molar-refractivity contribution in [1.29, 1.82) is 0 Å². The molecule has 0 aromatic heterocycles. The van der Waals surface area contributed by atoms with Crippen molar-refractivity contribution in [1.82, 2.24) is 0 Å². The zero-order valence-corrected chi connectivity index (χ0v) is 5.90. The van der Waals surface area contributed by atoms with Crippen LogP contribution in [0.25, 0.3) is 0 Å². The van der Waals surface area contributed by atoms with E-state index in [4.69, 9.17) is 23.0 Å². The number of hydrogen-bond acceptors (Lipinski definition) is 3. The molecule has 0 bridgehead atoms. The van der Waals surface area contributed by atoms with Gasteiger partial charge in [0.05, 0.1) is 6.04 Å². The second kappa shape index (κ2) is 4.50. The molecule has 0 aromatic rings. The molecule has 0 saturated heterocycles. The van der Waals surface area contributed by atoms with E-state index in [2.05, 4.69) is 5.92 Å². The molecule has 0 aliphatic heterocycles. The van der Waals surface area contributed by atoms with Crippen LogP contribution in [0.1, 0.15) is 0 Å². The standard InChI is InChI=1S/C7H10N2O2/c1-2-5(8)3-4-6(9)7(10)11/h1,3-6H,8-9H2,(H,10,11). The maximum Gasteiger partial charge on any atom is 0.324 e. The molecule has 4 heteroatoms. The molecule has 2 unspecified atom stereocenters. The van der Waals surface area contributed by atoms with Crippen LogP contribution in [0.2, 0.25) is 0 Å². The summed E-state index contributed by atoms with van der Waals surface area (Å²) < 4.78 is 0. The first-order valence-electron chi connectivity index (χ1n) is 2.96. The van der Waals surface area contributed by atoms with E-state index in [1.165, 1.54) is 12.2 Å². The van der Waals surface area contributed by atoms with Crippen molar-refractivity contribution in [3.8, 4) is 12.3 Å². The predicted molar refractivity (Wildman–Crippen MR) is 41.6 cm³/mol. The molecule has 0 amide bonds. The quantitative estimate of drug-likeness (QED) is 0.356. The van der Waals surface area contributed by atoms with Gasteiger partial charge in [-0.05, 0) is 0 Å². The highest BCUT2D eigenvalue weighted by atomic mass is 16.4. The van der Waals surface area contributed by atoms with Gasteiger partial charge in [0.1, 0.15) is 6.04 Å². The van der Waals surface area contributed by atoms with Crippen molar-refractivity contribution in [2.24, 2.45) is 11.5 Å². The molecule has 0 aliphatic carbocycles. The zero-order chi connectivity index (χ0) is 8.85. The topological polar surface area (TPSA) is 89.3 Å². The van der Waals surface area contributed by atoms with E-state index in [0.717, 1.165) is 0 Å². The fourth-order valence-corrected chi connectivity index (χ4v) is 0.377. The van der Waals surface area contributed by atoms with Crippen molar-refractivity contribution >= 4 is 5.97 Å². The Morgan fingerprint density at radius 3 is 2.45 bits per heavy atom. The Morgan fingerprint density at radius 2 is 2.09 bits per heavy atom. The highest BCUT2D eigenvalue weighted by molar-refractivity contribution is 5.75. The van der Waals surface area contributed by atoms with E-state index in [1.54, 1.807) is 0 Å². The second-order valence-electron chi connectivity index (χ2n) is 1.94. The summed E-state index contributed by atoms with van der Waals surface area (Å²) in [6, 6.07) is -1.60. The van der Waals surface area contributed by atoms with Crippen LogP contribution >= 0.6 is 0 Å². The minimum Gasteiger partial charge on any atom is -0.480 e. The summed E-state index contributed by atoms with van der Waals surface area (Å²) in [5.41, 5.74) is 10.4. The minimum atomic E-state index is -1.11. The molecular formula is C7H10N2O2. The number of nitrogens with two attached hydrogens (primary N) is 2. The van der Waals surface area contributed by atoms with Crippen LogP contribution in [-0.2, 0) is 4.79 Å². The largest absolute Gasteiger partial charge is 0.480 e. The average molecular weight is 154 g/mol. The van der Waals surface area contributed by atoms with Crippen molar-refractivity contribution < 1.29 is 9.90 Å². The molecule has 0 aromatic carbocycles. The molecule has 0 fully saturated rings. The Hall–Kier alpha value is -1.31. The number of carboxylic acid groups (broad SMARTS) is 1. The monoisotopic (exact) mass is 154 g/mol. The predicted octanol–water partition coefficient (Wildman–Crippen LogP) is -1.08. The molecule has 0 saturated carbocycles. The molecule has 5 N–H and O–H groups in total. The molecule has 11 heavy (non-hydrogen) atoms. The van der Waals surface area contributed by atoms with Gasteiger partial charge in [-0.25, -0.2) is 0 Å². The van der Waals surface area contributed by atoms with Crippen LogP contribution in [-0.4, -0.2) is 23.2 Å². The fraction of sp³-hybridized carbons (Fsp3) is 0.286. The van der Waals surface area contributed by atoms with Crippen molar-refractivity contribution in [3.05, 3.63) is 12.2 Å². The third-order valence-electron chi connectivity index (χ3n) is 1.00. The van der Waals surface area contributed by atoms with Gasteiger partial charge in [-0.2, -0.15) is 0 Å². The summed E-state index contributed by atoms with van der Waals surface area (Å²) in [5, 5.41) is 8.30. The van der Waals surface area contributed by atoms with Gasteiger partial charge in [-0.15, -0.1) is 6.42 Å². The lowest BCUT2D eigenvalue weighted by Crippen LogP contribution is -2.28. The Morgan fingerprint density at radius 1 is 1.55 bits per heavy atom. The SMILES string of the molecule is C#CC(N)C=CC(N)C(=O)O. The number of aliphatic carboxylic acids is 1. The molecular weight excluding hydrogens is 144 g/mol. The maximum absolute atomic E-state index is 10.1. The molecule has 0 radical (unpaired) electrons. The van der Waals surface area contributed by atoms with Gasteiger partial charge in [0.2, 0.25) is 0 Å². The molecule has 0 spiro atoms. The second-order valence-corrected chi connectivity index (χ2v) is 1.94. The van der Waals surface area contributed by atoms with Gasteiger partial charge >= 0.3 is 5.97 Å². The summed E-state index contributed by atoms with van der Waals surface area (Å²) in [6.45, 7) is 0. The smallest absolute Gasteiger partial charge is 0.324 e. The number of rotatable bonds is 3. The van der Waals surface area contributed by atoms with Gasteiger partial charge in [-0.3, -0.25) is 4.79 Å². The van der Waals surface area contributed by atoms with Crippen LogP contribution in [0.3, 0.4) is 0 Å². The van der Waals surface area contributed by atoms with Crippen LogP contribution in [0.4, 0.5) is 0 Å². The number of carboxylic acids is 1. The van der Waals surface area contributed by atoms with E-state index in [9.17, 15) is 4.79 Å². The normalized spacial score (nSPS) is 15.7. The van der Waals surface area contributed by atoms with Crippen LogP contribution < -0.4 is 11.5 Å². The Balaban J connectivity index is 3.94. The highest BCUT2D eigenvalue weighted by Crippen LogP contribution is 1.84. The summed E-state index contributed by atoms with van der Waals surface area (Å²) in [4.78, 5) is 10.1. The first-order chi connectivity index (χ1) is 5.07. The van der Waals surface area contributed by atoms with E-state index < -0.39 is 18.1 Å². The number of carbonyl (C=O) groups is 1. The first-order valence-corrected chi connectivity index (χ1v) is 2.96. The number of hydrogen-bond donors (Lipinski definition) is 3. The van der Waals surface area contributed by atoms with Gasteiger partial charge in [0.25, 0.3) is 0 Å². The molecule has 0 rings (SSSR count). The third-order valence-corrected chi connectivity index (χ3v) is 1.00. The van der Waals surface area contributed by atoms with E-state index in [0.29, 0.717) is 0 Å². The molecule has 0 aliphatic rings. The summed E-state index contributed by atoms with van der Waals surface area (Å²) in [6.07, 6.45) is 7.55. The van der Waals surface area contributed by atoms with Gasteiger partial charge in [0.15, 0.2) is 0 Å². The first kappa shape index (κ1) is 9.69. The Labute approximate surface area is 64.9 Å². The van der Waals surface area contributed by atoms with Crippen LogP contribution in [0.15, 0.2) is 12.2 Å². The summed E-state index contributed by atoms with van der Waals surface area (Å²) >= 11 is 0. The third kappa shape index (κ3) is 4.14. The lowest BCUT2D eigenvalue weighted by Gasteiger charge is -1.98. The fourth-order valence-electron chi connectivity index (χ4n) is 0.377. The van der Waals surface area contributed by atoms with Gasteiger partial charge in [-0.1, -0.05) is 18.1 Å². The van der Waals surface area contributed by atoms with Gasteiger partial charge in [0, 0.05) is 0 Å². The van der Waals surface area contributed by atoms with Crippen molar-refractivity contribution in [3.63, 3.8) is 0 Å².